The molecule has 1 aliphatic carbocycles. The first-order valence-electron chi connectivity index (χ1n) is 8.86. The van der Waals surface area contributed by atoms with Crippen LogP contribution in [-0.4, -0.2) is 36.1 Å². The highest BCUT2D eigenvalue weighted by atomic mass is 79.9. The van der Waals surface area contributed by atoms with Crippen LogP contribution in [0.15, 0.2) is 27.9 Å². The predicted molar refractivity (Wildman–Crippen MR) is 109 cm³/mol. The molecule has 2 aliphatic rings. The highest BCUT2D eigenvalue weighted by molar-refractivity contribution is 9.10. The third kappa shape index (κ3) is 3.34. The minimum Gasteiger partial charge on any atom is -0.492 e. The molecule has 0 spiro atoms. The number of nitrogens with zero attached hydrogens (tertiary/aromatic N) is 1. The van der Waals surface area contributed by atoms with Gasteiger partial charge in [-0.2, -0.15) is 0 Å². The average molecular weight is 439 g/mol. The third-order valence-electron chi connectivity index (χ3n) is 4.74. The zero-order valence-corrected chi connectivity index (χ0v) is 17.6. The molecule has 0 amide bonds. The van der Waals surface area contributed by atoms with E-state index in [2.05, 4.69) is 28.2 Å². The second kappa shape index (κ2) is 7.96. The molecule has 1 N–H and O–H groups in total. The maximum atomic E-state index is 12.8. The van der Waals surface area contributed by atoms with Gasteiger partial charge in [-0.05, 0) is 72.5 Å². The number of rotatable bonds is 5. The van der Waals surface area contributed by atoms with Crippen molar-refractivity contribution >= 4 is 39.0 Å². The molecule has 0 fully saturated rings. The molecule has 7 heteroatoms. The summed E-state index contributed by atoms with van der Waals surface area (Å²) < 4.78 is 12.0. The van der Waals surface area contributed by atoms with E-state index in [9.17, 15) is 4.79 Å². The van der Waals surface area contributed by atoms with Crippen LogP contribution >= 0.6 is 28.1 Å². The van der Waals surface area contributed by atoms with Crippen molar-refractivity contribution in [1.82, 2.24) is 10.2 Å². The Morgan fingerprint density at radius 2 is 2.12 bits per heavy atom. The fourth-order valence-corrected chi connectivity index (χ4v) is 4.63. The van der Waals surface area contributed by atoms with Gasteiger partial charge in [0.2, 0.25) is 0 Å². The molecule has 1 atom stereocenters. The summed E-state index contributed by atoms with van der Waals surface area (Å²) in [5.41, 5.74) is 2.82. The number of benzene rings is 1. The highest BCUT2D eigenvalue weighted by Gasteiger charge is 2.37. The summed E-state index contributed by atoms with van der Waals surface area (Å²) in [6, 6.07) is 3.63. The fraction of sp³-hybridized carbons (Fsp3) is 0.474. The Morgan fingerprint density at radius 1 is 1.35 bits per heavy atom. The number of ketones is 1. The van der Waals surface area contributed by atoms with Crippen molar-refractivity contribution in [3.05, 3.63) is 33.4 Å². The van der Waals surface area contributed by atoms with Crippen LogP contribution in [0.5, 0.6) is 11.5 Å². The highest BCUT2D eigenvalue weighted by Crippen LogP contribution is 2.42. The molecule has 1 heterocycles. The number of ether oxygens (including phenoxy) is 2. The minimum atomic E-state index is -0.269. The van der Waals surface area contributed by atoms with E-state index in [-0.39, 0.29) is 11.8 Å². The lowest BCUT2D eigenvalue weighted by Crippen LogP contribution is -2.49. The van der Waals surface area contributed by atoms with Crippen molar-refractivity contribution in [3.8, 4) is 11.5 Å². The van der Waals surface area contributed by atoms with Crippen LogP contribution in [0.1, 0.15) is 44.7 Å². The number of hydrogen-bond acceptors (Lipinski definition) is 4. The first-order chi connectivity index (χ1) is 12.5. The number of halogens is 1. The molecule has 26 heavy (non-hydrogen) atoms. The average Bonchev–Trinajstić information content (AvgIpc) is 2.61. The van der Waals surface area contributed by atoms with Crippen LogP contribution < -0.4 is 14.8 Å². The number of carbonyl (C=O) groups is 1. The second-order valence-electron chi connectivity index (χ2n) is 6.23. The van der Waals surface area contributed by atoms with Gasteiger partial charge in [0.1, 0.15) is 0 Å². The Hall–Kier alpha value is -1.60. The quantitative estimate of drug-likeness (QED) is 0.697. The van der Waals surface area contributed by atoms with Gasteiger partial charge in [0.25, 0.3) is 0 Å². The summed E-state index contributed by atoms with van der Waals surface area (Å²) in [5.74, 6) is 1.48. The zero-order valence-electron chi connectivity index (χ0n) is 15.2. The van der Waals surface area contributed by atoms with Crippen molar-refractivity contribution in [3.63, 3.8) is 0 Å². The summed E-state index contributed by atoms with van der Waals surface area (Å²) in [5, 5.41) is 4.02. The first-order valence-corrected chi connectivity index (χ1v) is 10.1. The normalized spacial score (nSPS) is 20.0. The van der Waals surface area contributed by atoms with Crippen LogP contribution in [0.2, 0.25) is 0 Å². The summed E-state index contributed by atoms with van der Waals surface area (Å²) >= 11 is 9.14. The number of allylic oxidation sites excluding steroid dienone is 1. The van der Waals surface area contributed by atoms with E-state index in [0.717, 1.165) is 40.7 Å². The monoisotopic (exact) mass is 438 g/mol. The van der Waals surface area contributed by atoms with Gasteiger partial charge in [-0.1, -0.05) is 0 Å². The lowest BCUT2D eigenvalue weighted by Gasteiger charge is -2.40. The summed E-state index contributed by atoms with van der Waals surface area (Å²) in [6.45, 7) is 5.26. The second-order valence-corrected chi connectivity index (χ2v) is 7.47. The maximum absolute atomic E-state index is 12.8. The van der Waals surface area contributed by atoms with E-state index in [4.69, 9.17) is 21.7 Å². The smallest absolute Gasteiger partial charge is 0.174 e. The van der Waals surface area contributed by atoms with Crippen LogP contribution in [0.3, 0.4) is 0 Å². The van der Waals surface area contributed by atoms with E-state index < -0.39 is 0 Å². The van der Waals surface area contributed by atoms with E-state index >= 15 is 0 Å². The SMILES string of the molecule is CCOc1cc(C2NC(=S)N(CC)C3=C2C(=O)CCC3)cc(Br)c1OC. The molecule has 0 radical (unpaired) electrons. The van der Waals surface area contributed by atoms with E-state index in [1.165, 1.54) is 0 Å². The van der Waals surface area contributed by atoms with E-state index in [0.29, 0.717) is 29.6 Å². The molecular weight excluding hydrogens is 416 g/mol. The molecule has 5 nitrogen and oxygen atoms in total. The summed E-state index contributed by atoms with van der Waals surface area (Å²) in [4.78, 5) is 14.8. The van der Waals surface area contributed by atoms with Crippen molar-refractivity contribution in [2.45, 2.75) is 39.2 Å². The molecule has 140 valence electrons. The lowest BCUT2D eigenvalue weighted by atomic mass is 9.84. The predicted octanol–water partition coefficient (Wildman–Crippen LogP) is 4.11. The van der Waals surface area contributed by atoms with Gasteiger partial charge in [-0.25, -0.2) is 0 Å². The summed E-state index contributed by atoms with van der Waals surface area (Å²) in [6.07, 6.45) is 2.33. The lowest BCUT2D eigenvalue weighted by molar-refractivity contribution is -0.116. The Morgan fingerprint density at radius 3 is 2.77 bits per heavy atom. The molecule has 1 aliphatic heterocycles. The summed E-state index contributed by atoms with van der Waals surface area (Å²) in [7, 11) is 1.61. The van der Waals surface area contributed by atoms with Gasteiger partial charge >= 0.3 is 0 Å². The Bertz CT molecular complexity index is 778. The number of methoxy groups -OCH3 is 1. The van der Waals surface area contributed by atoms with Crippen molar-refractivity contribution in [2.75, 3.05) is 20.3 Å². The van der Waals surface area contributed by atoms with Crippen LogP contribution in [0.25, 0.3) is 0 Å². The maximum Gasteiger partial charge on any atom is 0.174 e. The standard InChI is InChI=1S/C19H23BrN2O3S/c1-4-22-13-7-6-8-14(23)16(13)17(21-19(22)26)11-9-12(20)18(24-3)15(10-11)25-5-2/h9-10,17H,4-8H2,1-3H3,(H,21,26). The number of Topliss-reactive ketones (excluding diaryl/α,β-unsaturated/α-hetero) is 1. The third-order valence-corrected chi connectivity index (χ3v) is 5.67. The van der Waals surface area contributed by atoms with Crippen LogP contribution in [0.4, 0.5) is 0 Å². The zero-order chi connectivity index (χ0) is 18.8. The Labute approximate surface area is 167 Å². The van der Waals surface area contributed by atoms with Gasteiger partial charge in [-0.15, -0.1) is 0 Å². The molecule has 0 saturated heterocycles. The molecule has 1 unspecified atom stereocenters. The molecule has 3 rings (SSSR count). The van der Waals surface area contributed by atoms with Gasteiger partial charge < -0.3 is 19.7 Å². The van der Waals surface area contributed by atoms with Gasteiger partial charge in [0, 0.05) is 24.2 Å². The molecule has 0 aromatic heterocycles. The molecule has 0 bridgehead atoms. The first kappa shape index (κ1) is 19.2. The topological polar surface area (TPSA) is 50.8 Å². The number of thiocarbonyl (C=S) groups is 1. The molecule has 1 aromatic carbocycles. The number of carbonyl (C=O) groups excluding carboxylic acids is 1. The van der Waals surface area contributed by atoms with Crippen LogP contribution in [-0.2, 0) is 4.79 Å². The van der Waals surface area contributed by atoms with Gasteiger partial charge in [-0.3, -0.25) is 4.79 Å². The minimum absolute atomic E-state index is 0.189. The van der Waals surface area contributed by atoms with Gasteiger partial charge in [0.05, 0.1) is 24.2 Å². The Kier molecular flexibility index (Phi) is 5.87. The fourth-order valence-electron chi connectivity index (χ4n) is 3.65. The van der Waals surface area contributed by atoms with Crippen LogP contribution in [0, 0.1) is 0 Å². The van der Waals surface area contributed by atoms with Crippen molar-refractivity contribution in [2.24, 2.45) is 0 Å². The number of nitrogens with one attached hydrogen (secondary N) is 1. The van der Waals surface area contributed by atoms with E-state index in [1.807, 2.05) is 24.0 Å². The molecular formula is C19H23BrN2O3S. The largest absolute Gasteiger partial charge is 0.492 e. The Balaban J connectivity index is 2.13. The number of hydrogen-bond donors (Lipinski definition) is 1. The molecule has 0 saturated carbocycles. The van der Waals surface area contributed by atoms with Crippen molar-refractivity contribution < 1.29 is 14.3 Å². The van der Waals surface area contributed by atoms with E-state index in [1.54, 1.807) is 7.11 Å². The molecule has 1 aromatic rings. The van der Waals surface area contributed by atoms with Crippen molar-refractivity contribution in [1.29, 1.82) is 0 Å². The van der Waals surface area contributed by atoms with Gasteiger partial charge in [0.15, 0.2) is 22.4 Å².